The molecule has 1 N–H and O–H groups in total. The van der Waals surface area contributed by atoms with Crippen LogP contribution in [0, 0.1) is 5.92 Å². The van der Waals surface area contributed by atoms with Crippen LogP contribution in [0.25, 0.3) is 0 Å². The summed E-state index contributed by atoms with van der Waals surface area (Å²) in [5.41, 5.74) is 0. The highest BCUT2D eigenvalue weighted by atomic mass is 16.4. The number of rotatable bonds is 4. The number of aromatic nitrogens is 2. The van der Waals surface area contributed by atoms with Gasteiger partial charge in [0.05, 0.1) is 6.04 Å². The molecule has 1 aliphatic rings. The lowest BCUT2D eigenvalue weighted by atomic mass is 9.98. The standard InChI is InChI=1S/C12H21N3O/c1-4-10(13-3)12-15-14-11(16-12)9-7-5-6-8(9)2/h8-10,13H,4-7H2,1-3H3. The highest BCUT2D eigenvalue weighted by molar-refractivity contribution is 4.99. The fourth-order valence-electron chi connectivity index (χ4n) is 2.55. The number of hydrogen-bond donors (Lipinski definition) is 1. The lowest BCUT2D eigenvalue weighted by molar-refractivity contribution is 0.349. The maximum absolute atomic E-state index is 5.80. The average molecular weight is 223 g/mol. The summed E-state index contributed by atoms with van der Waals surface area (Å²) in [6, 6.07) is 0.193. The van der Waals surface area contributed by atoms with E-state index < -0.39 is 0 Å². The number of hydrogen-bond acceptors (Lipinski definition) is 4. The van der Waals surface area contributed by atoms with E-state index in [1.54, 1.807) is 0 Å². The normalized spacial score (nSPS) is 27.2. The zero-order valence-corrected chi connectivity index (χ0v) is 10.4. The van der Waals surface area contributed by atoms with Gasteiger partial charge in [0.1, 0.15) is 0 Å². The molecule has 0 saturated heterocycles. The van der Waals surface area contributed by atoms with Gasteiger partial charge in [-0.2, -0.15) is 0 Å². The molecule has 1 aromatic rings. The van der Waals surface area contributed by atoms with Crippen molar-refractivity contribution in [3.05, 3.63) is 11.8 Å². The fourth-order valence-corrected chi connectivity index (χ4v) is 2.55. The Bertz CT molecular complexity index is 333. The molecule has 4 nitrogen and oxygen atoms in total. The van der Waals surface area contributed by atoms with Gasteiger partial charge in [0.25, 0.3) is 0 Å². The smallest absolute Gasteiger partial charge is 0.233 e. The summed E-state index contributed by atoms with van der Waals surface area (Å²) in [5, 5.41) is 11.6. The van der Waals surface area contributed by atoms with Crippen LogP contribution in [-0.2, 0) is 0 Å². The molecule has 0 aromatic carbocycles. The molecule has 1 aromatic heterocycles. The summed E-state index contributed by atoms with van der Waals surface area (Å²) in [5.74, 6) is 2.74. The third-order valence-electron chi connectivity index (χ3n) is 3.69. The minimum atomic E-state index is 0.193. The summed E-state index contributed by atoms with van der Waals surface area (Å²) in [6.45, 7) is 4.39. The Morgan fingerprint density at radius 2 is 2.25 bits per heavy atom. The molecular weight excluding hydrogens is 202 g/mol. The largest absolute Gasteiger partial charge is 0.423 e. The van der Waals surface area contributed by atoms with Gasteiger partial charge in [-0.3, -0.25) is 0 Å². The zero-order valence-electron chi connectivity index (χ0n) is 10.4. The molecule has 3 unspecified atom stereocenters. The van der Waals surface area contributed by atoms with Crippen molar-refractivity contribution >= 4 is 0 Å². The minimum absolute atomic E-state index is 0.193. The van der Waals surface area contributed by atoms with Crippen LogP contribution in [0.2, 0.25) is 0 Å². The lowest BCUT2D eigenvalue weighted by Crippen LogP contribution is -2.15. The van der Waals surface area contributed by atoms with Crippen molar-refractivity contribution in [3.8, 4) is 0 Å². The molecule has 90 valence electrons. The molecule has 1 aliphatic carbocycles. The van der Waals surface area contributed by atoms with E-state index in [9.17, 15) is 0 Å². The van der Waals surface area contributed by atoms with Crippen molar-refractivity contribution in [2.75, 3.05) is 7.05 Å². The second-order valence-corrected chi connectivity index (χ2v) is 4.74. The highest BCUT2D eigenvalue weighted by Gasteiger charge is 2.30. The Morgan fingerprint density at radius 3 is 2.81 bits per heavy atom. The quantitative estimate of drug-likeness (QED) is 0.852. The van der Waals surface area contributed by atoms with Crippen molar-refractivity contribution < 1.29 is 4.42 Å². The minimum Gasteiger partial charge on any atom is -0.423 e. The van der Waals surface area contributed by atoms with Gasteiger partial charge < -0.3 is 9.73 Å². The fraction of sp³-hybridized carbons (Fsp3) is 0.833. The molecule has 3 atom stereocenters. The van der Waals surface area contributed by atoms with Crippen LogP contribution in [0.3, 0.4) is 0 Å². The molecule has 1 saturated carbocycles. The molecule has 16 heavy (non-hydrogen) atoms. The Morgan fingerprint density at radius 1 is 1.44 bits per heavy atom. The first-order valence-electron chi connectivity index (χ1n) is 6.26. The van der Waals surface area contributed by atoms with Crippen LogP contribution in [0.4, 0.5) is 0 Å². The van der Waals surface area contributed by atoms with Crippen molar-refractivity contribution in [2.45, 2.75) is 51.5 Å². The van der Waals surface area contributed by atoms with Crippen LogP contribution < -0.4 is 5.32 Å². The maximum atomic E-state index is 5.80. The Balaban J connectivity index is 2.12. The van der Waals surface area contributed by atoms with Gasteiger partial charge in [-0.15, -0.1) is 10.2 Å². The van der Waals surface area contributed by atoms with Crippen molar-refractivity contribution in [1.29, 1.82) is 0 Å². The molecule has 0 amide bonds. The third-order valence-corrected chi connectivity index (χ3v) is 3.69. The van der Waals surface area contributed by atoms with Crippen LogP contribution in [-0.4, -0.2) is 17.2 Å². The first-order valence-corrected chi connectivity index (χ1v) is 6.26. The summed E-state index contributed by atoms with van der Waals surface area (Å²) in [4.78, 5) is 0. The summed E-state index contributed by atoms with van der Waals surface area (Å²) in [7, 11) is 1.93. The van der Waals surface area contributed by atoms with E-state index in [0.29, 0.717) is 11.8 Å². The predicted molar refractivity (Wildman–Crippen MR) is 62.1 cm³/mol. The first-order chi connectivity index (χ1) is 7.76. The summed E-state index contributed by atoms with van der Waals surface area (Å²) in [6.07, 6.45) is 4.73. The van der Waals surface area contributed by atoms with E-state index in [1.165, 1.54) is 19.3 Å². The summed E-state index contributed by atoms with van der Waals surface area (Å²) >= 11 is 0. The van der Waals surface area contributed by atoms with Crippen molar-refractivity contribution in [1.82, 2.24) is 15.5 Å². The van der Waals surface area contributed by atoms with Gasteiger partial charge in [0.2, 0.25) is 11.8 Å². The molecule has 1 heterocycles. The lowest BCUT2D eigenvalue weighted by Gasteiger charge is -2.10. The Hall–Kier alpha value is -0.900. The third kappa shape index (κ3) is 2.12. The van der Waals surface area contributed by atoms with Crippen LogP contribution in [0.5, 0.6) is 0 Å². The van der Waals surface area contributed by atoms with Crippen LogP contribution in [0.1, 0.15) is 63.3 Å². The molecule has 0 aliphatic heterocycles. The van der Waals surface area contributed by atoms with Gasteiger partial charge in [0.15, 0.2) is 0 Å². The maximum Gasteiger partial charge on any atom is 0.233 e. The average Bonchev–Trinajstić information content (AvgIpc) is 2.89. The second-order valence-electron chi connectivity index (χ2n) is 4.74. The van der Waals surface area contributed by atoms with Gasteiger partial charge >= 0.3 is 0 Å². The molecule has 1 fully saturated rings. The van der Waals surface area contributed by atoms with Gasteiger partial charge in [-0.05, 0) is 32.2 Å². The number of nitrogens with zero attached hydrogens (tertiary/aromatic N) is 2. The number of nitrogens with one attached hydrogen (secondary N) is 1. The topological polar surface area (TPSA) is 51.0 Å². The molecule has 0 bridgehead atoms. The predicted octanol–water partition coefficient (Wildman–Crippen LogP) is 2.64. The molecule has 0 spiro atoms. The van der Waals surface area contributed by atoms with E-state index in [2.05, 4.69) is 29.4 Å². The van der Waals surface area contributed by atoms with Crippen molar-refractivity contribution in [2.24, 2.45) is 5.92 Å². The first kappa shape index (κ1) is 11.6. The van der Waals surface area contributed by atoms with Crippen LogP contribution >= 0.6 is 0 Å². The van der Waals surface area contributed by atoms with E-state index in [0.717, 1.165) is 18.2 Å². The van der Waals surface area contributed by atoms with Gasteiger partial charge in [-0.1, -0.05) is 20.3 Å². The van der Waals surface area contributed by atoms with Gasteiger partial charge in [0, 0.05) is 5.92 Å². The van der Waals surface area contributed by atoms with E-state index in [4.69, 9.17) is 4.42 Å². The van der Waals surface area contributed by atoms with Gasteiger partial charge in [-0.25, -0.2) is 0 Å². The Kier molecular flexibility index (Phi) is 3.59. The van der Waals surface area contributed by atoms with E-state index in [-0.39, 0.29) is 6.04 Å². The Labute approximate surface area is 96.8 Å². The van der Waals surface area contributed by atoms with Crippen LogP contribution in [0.15, 0.2) is 4.42 Å². The zero-order chi connectivity index (χ0) is 11.5. The second kappa shape index (κ2) is 4.95. The SMILES string of the molecule is CCC(NC)c1nnc(C2CCCC2C)o1. The molecule has 0 radical (unpaired) electrons. The monoisotopic (exact) mass is 223 g/mol. The van der Waals surface area contributed by atoms with E-state index in [1.807, 2.05) is 7.05 Å². The highest BCUT2D eigenvalue weighted by Crippen LogP contribution is 2.38. The summed E-state index contributed by atoms with van der Waals surface area (Å²) < 4.78 is 5.80. The molecule has 2 rings (SSSR count). The van der Waals surface area contributed by atoms with Crippen molar-refractivity contribution in [3.63, 3.8) is 0 Å². The molecular formula is C12H21N3O. The van der Waals surface area contributed by atoms with E-state index >= 15 is 0 Å². The molecule has 4 heteroatoms.